The summed E-state index contributed by atoms with van der Waals surface area (Å²) in [6.07, 6.45) is 2.57. The van der Waals surface area contributed by atoms with E-state index >= 15 is 0 Å². The lowest BCUT2D eigenvalue weighted by Gasteiger charge is -2.18. The lowest BCUT2D eigenvalue weighted by Crippen LogP contribution is -2.20. The van der Waals surface area contributed by atoms with Gasteiger partial charge in [0.1, 0.15) is 35.9 Å². The molecular weight excluding hydrogens is 464 g/mol. The van der Waals surface area contributed by atoms with Crippen LogP contribution in [0.5, 0.6) is 23.0 Å². The smallest absolute Gasteiger partial charge is 0.247 e. The van der Waals surface area contributed by atoms with Gasteiger partial charge in [0.2, 0.25) is 11.9 Å². The number of amides is 1. The number of nitrogens with zero attached hydrogens (tertiary/aromatic N) is 4. The average molecular weight is 495 g/mol. The van der Waals surface area contributed by atoms with Crippen LogP contribution < -0.4 is 29.6 Å². The van der Waals surface area contributed by atoms with Gasteiger partial charge in [0, 0.05) is 12.6 Å². The van der Waals surface area contributed by atoms with Crippen LogP contribution in [0, 0.1) is 0 Å². The van der Waals surface area contributed by atoms with E-state index < -0.39 is 0 Å². The molecule has 1 heterocycles. The second-order valence-corrected chi connectivity index (χ2v) is 7.72. The Kier molecular flexibility index (Phi) is 9.01. The summed E-state index contributed by atoms with van der Waals surface area (Å²) in [5, 5.41) is 5.90. The van der Waals surface area contributed by atoms with Crippen molar-refractivity contribution in [1.29, 1.82) is 0 Å². The lowest BCUT2D eigenvalue weighted by molar-refractivity contribution is -0.111. The van der Waals surface area contributed by atoms with Crippen LogP contribution in [0.3, 0.4) is 0 Å². The van der Waals surface area contributed by atoms with Crippen LogP contribution in [0.15, 0.2) is 49.3 Å². The molecule has 0 radical (unpaired) electrons. The molecule has 11 nitrogen and oxygen atoms in total. The number of ether oxygens (including phenoxy) is 4. The van der Waals surface area contributed by atoms with E-state index in [1.807, 2.05) is 19.0 Å². The molecule has 0 aliphatic carbocycles. The van der Waals surface area contributed by atoms with Crippen LogP contribution in [-0.4, -0.2) is 74.3 Å². The molecule has 0 saturated heterocycles. The van der Waals surface area contributed by atoms with Crippen LogP contribution in [0.1, 0.15) is 0 Å². The average Bonchev–Trinajstić information content (AvgIpc) is 2.89. The van der Waals surface area contributed by atoms with E-state index in [2.05, 4.69) is 32.2 Å². The quantitative estimate of drug-likeness (QED) is 0.363. The molecule has 0 atom stereocenters. The number of anilines is 3. The van der Waals surface area contributed by atoms with E-state index in [1.165, 1.54) is 19.5 Å². The van der Waals surface area contributed by atoms with Gasteiger partial charge >= 0.3 is 0 Å². The van der Waals surface area contributed by atoms with Gasteiger partial charge in [-0.25, -0.2) is 9.97 Å². The van der Waals surface area contributed by atoms with E-state index in [1.54, 1.807) is 44.6 Å². The van der Waals surface area contributed by atoms with Crippen molar-refractivity contribution in [3.63, 3.8) is 0 Å². The molecule has 1 aromatic heterocycles. The number of carbonyl (C=O) groups is 1. The Morgan fingerprint density at radius 1 is 1.00 bits per heavy atom. The highest BCUT2D eigenvalue weighted by Crippen LogP contribution is 2.38. The van der Waals surface area contributed by atoms with Crippen molar-refractivity contribution >= 4 is 23.2 Å². The van der Waals surface area contributed by atoms with Gasteiger partial charge in [-0.3, -0.25) is 4.79 Å². The molecule has 11 heteroatoms. The molecule has 2 aromatic carbocycles. The minimum atomic E-state index is -0.379. The Morgan fingerprint density at radius 2 is 1.78 bits per heavy atom. The molecule has 190 valence electrons. The summed E-state index contributed by atoms with van der Waals surface area (Å²) in [5.41, 5.74) is 1.58. The fraction of sp³-hybridized carbons (Fsp3) is 0.280. The van der Waals surface area contributed by atoms with Crippen molar-refractivity contribution in [3.05, 3.63) is 49.3 Å². The summed E-state index contributed by atoms with van der Waals surface area (Å²) in [4.78, 5) is 27.1. The van der Waals surface area contributed by atoms with Gasteiger partial charge in [-0.1, -0.05) is 6.58 Å². The molecule has 3 aromatic rings. The summed E-state index contributed by atoms with van der Waals surface area (Å²) < 4.78 is 22.2. The van der Waals surface area contributed by atoms with Gasteiger partial charge in [0.25, 0.3) is 0 Å². The summed E-state index contributed by atoms with van der Waals surface area (Å²) in [6, 6.07) is 8.71. The molecule has 0 spiro atoms. The maximum Gasteiger partial charge on any atom is 0.247 e. The third kappa shape index (κ3) is 6.60. The minimum absolute atomic E-state index is 0.255. The number of carbonyl (C=O) groups excluding carboxylic acids is 1. The molecular formula is C25H30N6O5. The zero-order valence-corrected chi connectivity index (χ0v) is 21.0. The fourth-order valence-electron chi connectivity index (χ4n) is 3.16. The Morgan fingerprint density at radius 3 is 2.44 bits per heavy atom. The number of hydrogen-bond acceptors (Lipinski definition) is 10. The summed E-state index contributed by atoms with van der Waals surface area (Å²) >= 11 is 0. The highest BCUT2D eigenvalue weighted by molar-refractivity contribution is 6.00. The Bertz CT molecular complexity index is 1220. The summed E-state index contributed by atoms with van der Waals surface area (Å²) in [7, 11) is 8.57. The van der Waals surface area contributed by atoms with Gasteiger partial charge in [-0.05, 0) is 44.4 Å². The van der Waals surface area contributed by atoms with E-state index in [4.69, 9.17) is 18.9 Å². The molecule has 0 aliphatic rings. The first kappa shape index (κ1) is 26.2. The fourth-order valence-corrected chi connectivity index (χ4v) is 3.16. The van der Waals surface area contributed by atoms with E-state index in [-0.39, 0.29) is 11.9 Å². The van der Waals surface area contributed by atoms with Gasteiger partial charge in [-0.15, -0.1) is 0 Å². The van der Waals surface area contributed by atoms with E-state index in [9.17, 15) is 4.79 Å². The number of benzene rings is 2. The third-order valence-electron chi connectivity index (χ3n) is 5.01. The first-order valence-corrected chi connectivity index (χ1v) is 11.0. The predicted octanol–water partition coefficient (Wildman–Crippen LogP) is 3.37. The van der Waals surface area contributed by atoms with Crippen molar-refractivity contribution < 1.29 is 23.7 Å². The molecule has 36 heavy (non-hydrogen) atoms. The van der Waals surface area contributed by atoms with Crippen LogP contribution in [-0.2, 0) is 4.79 Å². The molecule has 0 unspecified atom stereocenters. The summed E-state index contributed by atoms with van der Waals surface area (Å²) in [6.45, 7) is 4.62. The maximum absolute atomic E-state index is 12.1. The number of hydrogen-bond donors (Lipinski definition) is 2. The van der Waals surface area contributed by atoms with Gasteiger partial charge in [-0.2, -0.15) is 4.98 Å². The van der Waals surface area contributed by atoms with Gasteiger partial charge in [0.15, 0.2) is 5.82 Å². The van der Waals surface area contributed by atoms with Crippen molar-refractivity contribution in [2.45, 2.75) is 0 Å². The van der Waals surface area contributed by atoms with Gasteiger partial charge < -0.3 is 34.5 Å². The summed E-state index contributed by atoms with van der Waals surface area (Å²) in [5.74, 6) is 2.39. The monoisotopic (exact) mass is 494 g/mol. The molecule has 0 saturated carbocycles. The van der Waals surface area contributed by atoms with Gasteiger partial charge in [0.05, 0.1) is 38.3 Å². The normalized spacial score (nSPS) is 10.5. The van der Waals surface area contributed by atoms with Crippen LogP contribution >= 0.6 is 0 Å². The maximum atomic E-state index is 12.1. The highest BCUT2D eigenvalue weighted by atomic mass is 16.5. The number of rotatable bonds is 12. The third-order valence-corrected chi connectivity index (χ3v) is 5.01. The first-order chi connectivity index (χ1) is 17.4. The number of aromatic nitrogens is 3. The van der Waals surface area contributed by atoms with Crippen molar-refractivity contribution in [1.82, 2.24) is 19.9 Å². The van der Waals surface area contributed by atoms with Crippen molar-refractivity contribution in [2.24, 2.45) is 0 Å². The second kappa shape index (κ2) is 12.4. The molecule has 0 bridgehead atoms. The Labute approximate surface area is 210 Å². The first-order valence-electron chi connectivity index (χ1n) is 11.0. The molecule has 3 rings (SSSR count). The van der Waals surface area contributed by atoms with Crippen molar-refractivity contribution in [2.75, 3.05) is 59.2 Å². The van der Waals surface area contributed by atoms with E-state index in [0.29, 0.717) is 58.9 Å². The zero-order chi connectivity index (χ0) is 26.1. The number of nitrogens with one attached hydrogen (secondary N) is 2. The lowest BCUT2D eigenvalue weighted by atomic mass is 10.1. The van der Waals surface area contributed by atoms with E-state index in [0.717, 1.165) is 0 Å². The zero-order valence-electron chi connectivity index (χ0n) is 21.0. The SMILES string of the molecule is C=CC(=O)Nc1cc(Nc2ncnc(-c3cc(OC)ccc3OC)n2)c(OC)cc1OCCN(C)C. The van der Waals surface area contributed by atoms with Crippen LogP contribution in [0.4, 0.5) is 17.3 Å². The molecule has 1 amide bonds. The van der Waals surface area contributed by atoms with Crippen LogP contribution in [0.2, 0.25) is 0 Å². The number of likely N-dealkylation sites (N-methyl/N-ethyl adjacent to an activating group) is 1. The van der Waals surface area contributed by atoms with Crippen LogP contribution in [0.25, 0.3) is 11.4 Å². The topological polar surface area (TPSA) is 120 Å². The number of methoxy groups -OCH3 is 3. The Hall–Kier alpha value is -4.38. The Balaban J connectivity index is 1.97. The molecule has 0 fully saturated rings. The standard InChI is InChI=1S/C25H30N6O5/c1-7-23(32)28-19-13-18(21(35-6)14-22(19)36-11-10-31(2)3)29-25-27-15-26-24(30-25)17-12-16(33-4)8-9-20(17)34-5/h7-9,12-15H,1,10-11H2,2-6H3,(H,28,32)(H,26,27,29,30). The molecule has 0 aliphatic heterocycles. The second-order valence-electron chi connectivity index (χ2n) is 7.72. The van der Waals surface area contributed by atoms with Crippen molar-refractivity contribution in [3.8, 4) is 34.4 Å². The molecule has 2 N–H and O–H groups in total. The largest absolute Gasteiger partial charge is 0.497 e. The highest BCUT2D eigenvalue weighted by Gasteiger charge is 2.16. The minimum Gasteiger partial charge on any atom is -0.497 e. The predicted molar refractivity (Wildman–Crippen MR) is 138 cm³/mol.